The third kappa shape index (κ3) is 10.3. The van der Waals surface area contributed by atoms with Crippen LogP contribution in [0.2, 0.25) is 0 Å². The van der Waals surface area contributed by atoms with Gasteiger partial charge in [0.15, 0.2) is 5.96 Å². The van der Waals surface area contributed by atoms with Gasteiger partial charge in [-0.05, 0) is 64.6 Å². The molecule has 2 fully saturated rings. The highest BCUT2D eigenvalue weighted by atomic mass is 127. The normalized spacial score (nSPS) is 21.6. The molecule has 0 aromatic carbocycles. The lowest BCUT2D eigenvalue weighted by molar-refractivity contribution is -0.132. The van der Waals surface area contributed by atoms with Gasteiger partial charge in [0.25, 0.3) is 0 Å². The SMILES string of the molecule is CCNC(=NCCCN1CCCCCC1)NCCC(=O)N1CCCC(C)C1.I. The highest BCUT2D eigenvalue weighted by molar-refractivity contribution is 14.0. The molecule has 2 aliphatic heterocycles. The number of nitrogens with one attached hydrogen (secondary N) is 2. The molecule has 2 heterocycles. The maximum absolute atomic E-state index is 12.4. The topological polar surface area (TPSA) is 60.0 Å². The monoisotopic (exact) mass is 507 g/mol. The Hall–Kier alpha value is -0.570. The highest BCUT2D eigenvalue weighted by Gasteiger charge is 2.20. The molecule has 0 saturated carbocycles. The van der Waals surface area contributed by atoms with Gasteiger partial charge in [0.2, 0.25) is 5.91 Å². The molecule has 6 nitrogen and oxygen atoms in total. The van der Waals surface area contributed by atoms with Crippen molar-refractivity contribution in [1.29, 1.82) is 0 Å². The van der Waals surface area contributed by atoms with Crippen LogP contribution in [-0.2, 0) is 4.79 Å². The third-order valence-electron chi connectivity index (χ3n) is 5.59. The number of hydrogen-bond acceptors (Lipinski definition) is 3. The van der Waals surface area contributed by atoms with E-state index in [-0.39, 0.29) is 29.9 Å². The van der Waals surface area contributed by atoms with Crippen LogP contribution in [0.15, 0.2) is 4.99 Å². The van der Waals surface area contributed by atoms with Crippen molar-refractivity contribution >= 4 is 35.8 Å². The van der Waals surface area contributed by atoms with Gasteiger partial charge in [-0.2, -0.15) is 0 Å². The van der Waals surface area contributed by atoms with E-state index in [0.717, 1.165) is 51.5 Å². The van der Waals surface area contributed by atoms with E-state index in [9.17, 15) is 4.79 Å². The number of hydrogen-bond donors (Lipinski definition) is 2. The predicted octanol–water partition coefficient (Wildman–Crippen LogP) is 3.07. The molecule has 1 amide bonds. The number of carbonyl (C=O) groups is 1. The Morgan fingerprint density at radius 2 is 1.82 bits per heavy atom. The van der Waals surface area contributed by atoms with E-state index in [0.29, 0.717) is 18.9 Å². The van der Waals surface area contributed by atoms with Crippen molar-refractivity contribution in [1.82, 2.24) is 20.4 Å². The second-order valence-corrected chi connectivity index (χ2v) is 8.13. The number of rotatable bonds is 8. The fourth-order valence-corrected chi connectivity index (χ4v) is 4.05. The van der Waals surface area contributed by atoms with Crippen LogP contribution in [0.5, 0.6) is 0 Å². The largest absolute Gasteiger partial charge is 0.357 e. The van der Waals surface area contributed by atoms with E-state index in [1.54, 1.807) is 0 Å². The number of halogens is 1. The molecule has 2 rings (SSSR count). The Labute approximate surface area is 189 Å². The average molecular weight is 508 g/mol. The van der Waals surface area contributed by atoms with E-state index in [1.807, 2.05) is 4.90 Å². The summed E-state index contributed by atoms with van der Waals surface area (Å²) in [6, 6.07) is 0. The Morgan fingerprint density at radius 1 is 1.07 bits per heavy atom. The molecule has 1 unspecified atom stereocenters. The summed E-state index contributed by atoms with van der Waals surface area (Å²) < 4.78 is 0. The van der Waals surface area contributed by atoms with E-state index in [4.69, 9.17) is 0 Å². The summed E-state index contributed by atoms with van der Waals surface area (Å²) in [5.41, 5.74) is 0. The van der Waals surface area contributed by atoms with Crippen molar-refractivity contribution in [3.05, 3.63) is 0 Å². The van der Waals surface area contributed by atoms with E-state index >= 15 is 0 Å². The van der Waals surface area contributed by atoms with Crippen LogP contribution in [0.1, 0.15) is 65.2 Å². The van der Waals surface area contributed by atoms with E-state index < -0.39 is 0 Å². The van der Waals surface area contributed by atoms with Gasteiger partial charge in [0.05, 0.1) is 0 Å². The molecule has 2 aliphatic rings. The van der Waals surface area contributed by atoms with E-state index in [2.05, 4.69) is 34.4 Å². The number of guanidine groups is 1. The molecule has 28 heavy (non-hydrogen) atoms. The molecular weight excluding hydrogens is 465 g/mol. The van der Waals surface area contributed by atoms with Crippen LogP contribution in [-0.4, -0.2) is 74.0 Å². The molecule has 0 aliphatic carbocycles. The van der Waals surface area contributed by atoms with Gasteiger partial charge in [-0.15, -0.1) is 24.0 Å². The standard InChI is InChI=1S/C21H41N5O.HI/c1-3-22-21(23-12-9-16-25-14-6-4-5-7-15-25)24-13-11-20(27)26-17-8-10-19(2)18-26;/h19H,3-18H2,1-2H3,(H2,22,23,24);1H. The van der Waals surface area contributed by atoms with Crippen molar-refractivity contribution < 1.29 is 4.79 Å². The Bertz CT molecular complexity index is 452. The summed E-state index contributed by atoms with van der Waals surface area (Å²) in [5, 5.41) is 6.62. The van der Waals surface area contributed by atoms with Crippen LogP contribution >= 0.6 is 24.0 Å². The second-order valence-electron chi connectivity index (χ2n) is 8.13. The maximum Gasteiger partial charge on any atom is 0.224 e. The van der Waals surface area contributed by atoms with Gasteiger partial charge in [0.1, 0.15) is 0 Å². The van der Waals surface area contributed by atoms with Crippen molar-refractivity contribution in [3.8, 4) is 0 Å². The number of nitrogens with zero attached hydrogens (tertiary/aromatic N) is 3. The minimum atomic E-state index is 0. The fraction of sp³-hybridized carbons (Fsp3) is 0.905. The first-order chi connectivity index (χ1) is 13.2. The molecule has 1 atom stereocenters. The van der Waals surface area contributed by atoms with Gasteiger partial charge in [-0.3, -0.25) is 9.79 Å². The molecule has 0 aromatic heterocycles. The molecule has 7 heteroatoms. The van der Waals surface area contributed by atoms with Crippen LogP contribution < -0.4 is 10.6 Å². The van der Waals surface area contributed by atoms with Gasteiger partial charge in [-0.1, -0.05) is 19.8 Å². The molecule has 0 aromatic rings. The molecule has 0 bridgehead atoms. The quantitative estimate of drug-likeness (QED) is 0.230. The summed E-state index contributed by atoms with van der Waals surface area (Å²) in [6.07, 6.45) is 9.50. The first kappa shape index (κ1) is 25.5. The first-order valence-electron chi connectivity index (χ1n) is 11.2. The zero-order valence-electron chi connectivity index (χ0n) is 18.0. The van der Waals surface area contributed by atoms with Crippen LogP contribution in [0, 0.1) is 5.92 Å². The molecule has 0 spiro atoms. The van der Waals surface area contributed by atoms with Gasteiger partial charge in [0, 0.05) is 39.1 Å². The number of carbonyl (C=O) groups excluding carboxylic acids is 1. The van der Waals surface area contributed by atoms with Gasteiger partial charge >= 0.3 is 0 Å². The Kier molecular flexibility index (Phi) is 13.9. The zero-order valence-corrected chi connectivity index (χ0v) is 20.4. The van der Waals surface area contributed by atoms with Crippen LogP contribution in [0.25, 0.3) is 0 Å². The molecule has 2 saturated heterocycles. The number of amides is 1. The average Bonchev–Trinajstić information content (AvgIpc) is 2.94. The zero-order chi connectivity index (χ0) is 19.3. The molecule has 2 N–H and O–H groups in total. The highest BCUT2D eigenvalue weighted by Crippen LogP contribution is 2.15. The predicted molar refractivity (Wildman–Crippen MR) is 129 cm³/mol. The maximum atomic E-state index is 12.4. The molecular formula is C21H42IN5O. The molecule has 164 valence electrons. The summed E-state index contributed by atoms with van der Waals surface area (Å²) >= 11 is 0. The Morgan fingerprint density at radius 3 is 2.50 bits per heavy atom. The lowest BCUT2D eigenvalue weighted by Crippen LogP contribution is -2.42. The number of piperidine rings is 1. The number of likely N-dealkylation sites (tertiary alicyclic amines) is 2. The minimum absolute atomic E-state index is 0. The summed E-state index contributed by atoms with van der Waals surface area (Å²) in [7, 11) is 0. The van der Waals surface area contributed by atoms with Gasteiger partial charge < -0.3 is 20.4 Å². The smallest absolute Gasteiger partial charge is 0.224 e. The number of aliphatic imine (C=N–C) groups is 1. The Balaban J connectivity index is 0.00000392. The first-order valence-corrected chi connectivity index (χ1v) is 11.2. The summed E-state index contributed by atoms with van der Waals surface area (Å²) in [6.45, 7) is 12.1. The second kappa shape index (κ2) is 15.3. The summed E-state index contributed by atoms with van der Waals surface area (Å²) in [5.74, 6) is 1.75. The van der Waals surface area contributed by atoms with Gasteiger partial charge in [-0.25, -0.2) is 0 Å². The lowest BCUT2D eigenvalue weighted by Gasteiger charge is -2.31. The van der Waals surface area contributed by atoms with Crippen molar-refractivity contribution in [2.24, 2.45) is 10.9 Å². The van der Waals surface area contributed by atoms with Crippen molar-refractivity contribution in [2.75, 3.05) is 52.4 Å². The lowest BCUT2D eigenvalue weighted by atomic mass is 10.00. The van der Waals surface area contributed by atoms with E-state index in [1.165, 1.54) is 45.2 Å². The fourth-order valence-electron chi connectivity index (χ4n) is 4.05. The minimum Gasteiger partial charge on any atom is -0.357 e. The summed E-state index contributed by atoms with van der Waals surface area (Å²) in [4.78, 5) is 21.7. The third-order valence-corrected chi connectivity index (χ3v) is 5.59. The van der Waals surface area contributed by atoms with Crippen LogP contribution in [0.4, 0.5) is 0 Å². The van der Waals surface area contributed by atoms with Crippen molar-refractivity contribution in [3.63, 3.8) is 0 Å². The van der Waals surface area contributed by atoms with Crippen LogP contribution in [0.3, 0.4) is 0 Å². The molecule has 0 radical (unpaired) electrons. The van der Waals surface area contributed by atoms with Crippen molar-refractivity contribution in [2.45, 2.75) is 65.2 Å².